The highest BCUT2D eigenvalue weighted by Crippen LogP contribution is 1.91. The molecule has 0 N–H and O–H groups in total. The predicted octanol–water partition coefficient (Wildman–Crippen LogP) is 0.597. The van der Waals surface area contributed by atoms with E-state index in [-0.39, 0.29) is 5.29 Å². The quantitative estimate of drug-likeness (QED) is 0.429. The first kappa shape index (κ1) is 4.59. The van der Waals surface area contributed by atoms with Crippen LogP contribution in [0.5, 0.6) is 0 Å². The third-order valence-corrected chi connectivity index (χ3v) is 0.720. The summed E-state index contributed by atoms with van der Waals surface area (Å²) in [7, 11) is 0. The van der Waals surface area contributed by atoms with Gasteiger partial charge in [-0.3, -0.25) is 0 Å². The Morgan fingerprint density at radius 3 is 3.00 bits per heavy atom. The zero-order valence-corrected chi connectivity index (χ0v) is 4.22. The molecule has 0 aromatic rings. The van der Waals surface area contributed by atoms with Gasteiger partial charge in [0.25, 0.3) is 0 Å². The molecule has 0 spiro atoms. The van der Waals surface area contributed by atoms with Crippen LogP contribution < -0.4 is 0 Å². The average Bonchev–Trinajstić information content (AvgIpc) is 1.69. The van der Waals surface area contributed by atoms with Gasteiger partial charge in [0.2, 0.25) is 5.29 Å². The van der Waals surface area contributed by atoms with E-state index < -0.39 is 0 Å². The van der Waals surface area contributed by atoms with Gasteiger partial charge in [-0.15, -0.1) is 0 Å². The molecule has 0 fully saturated rings. The van der Waals surface area contributed by atoms with Gasteiger partial charge in [-0.25, -0.2) is 4.99 Å². The van der Waals surface area contributed by atoms with Crippen molar-refractivity contribution in [1.82, 2.24) is 0 Å². The molecule has 0 amide bonds. The molecule has 0 saturated carbocycles. The molecule has 1 heterocycles. The highest BCUT2D eigenvalue weighted by Gasteiger charge is 1.90. The molecule has 7 heavy (non-hydrogen) atoms. The van der Waals surface area contributed by atoms with E-state index in [1.807, 2.05) is 0 Å². The molecular formula is C3H3ClN2O. The first-order chi connectivity index (χ1) is 3.39. The topological polar surface area (TPSA) is 34.0 Å². The maximum absolute atomic E-state index is 5.29. The molecule has 38 valence electrons. The van der Waals surface area contributed by atoms with Crippen LogP contribution in [0.4, 0.5) is 0 Å². The van der Waals surface area contributed by atoms with Gasteiger partial charge < -0.3 is 4.74 Å². The molecule has 4 heteroatoms. The van der Waals surface area contributed by atoms with Crippen LogP contribution in [0.1, 0.15) is 0 Å². The largest absolute Gasteiger partial charge is 0.461 e. The van der Waals surface area contributed by atoms with Crippen molar-refractivity contribution < 1.29 is 4.74 Å². The van der Waals surface area contributed by atoms with E-state index in [0.717, 1.165) is 0 Å². The van der Waals surface area contributed by atoms with Crippen molar-refractivity contribution in [3.63, 3.8) is 0 Å². The zero-order chi connectivity index (χ0) is 5.11. The van der Waals surface area contributed by atoms with E-state index in [9.17, 15) is 0 Å². The van der Waals surface area contributed by atoms with E-state index in [1.165, 1.54) is 6.40 Å². The molecule has 1 aliphatic heterocycles. The second kappa shape index (κ2) is 1.93. The lowest BCUT2D eigenvalue weighted by Crippen LogP contribution is -1.98. The minimum atomic E-state index is 0.256. The summed E-state index contributed by atoms with van der Waals surface area (Å²) in [4.78, 5) is 7.09. The fraction of sp³-hybridized carbons (Fsp3) is 0.333. The fourth-order valence-corrected chi connectivity index (χ4v) is 0.334. The lowest BCUT2D eigenvalue weighted by molar-refractivity contribution is 0.330. The predicted molar refractivity (Wildman–Crippen MR) is 27.7 cm³/mol. The van der Waals surface area contributed by atoms with Crippen molar-refractivity contribution in [2.24, 2.45) is 9.98 Å². The van der Waals surface area contributed by atoms with Gasteiger partial charge in [0.15, 0.2) is 13.1 Å². The van der Waals surface area contributed by atoms with Gasteiger partial charge in [-0.1, -0.05) is 0 Å². The second-order valence-electron chi connectivity index (χ2n) is 0.957. The minimum Gasteiger partial charge on any atom is -0.461 e. The van der Waals surface area contributed by atoms with Gasteiger partial charge in [0.1, 0.15) is 0 Å². The molecule has 0 aromatic carbocycles. The Balaban J connectivity index is 2.58. The van der Waals surface area contributed by atoms with E-state index in [1.54, 1.807) is 0 Å². The Hall–Kier alpha value is -0.570. The zero-order valence-electron chi connectivity index (χ0n) is 3.47. The van der Waals surface area contributed by atoms with Gasteiger partial charge in [-0.2, -0.15) is 4.99 Å². The van der Waals surface area contributed by atoms with Crippen molar-refractivity contribution in [1.29, 1.82) is 0 Å². The molecule has 3 nitrogen and oxygen atoms in total. The SMILES string of the molecule is ClC1=NCOC=N1. The molecular weight excluding hydrogens is 115 g/mol. The van der Waals surface area contributed by atoms with Gasteiger partial charge in [0.05, 0.1) is 0 Å². The fourth-order valence-electron chi connectivity index (χ4n) is 0.245. The minimum absolute atomic E-state index is 0.256. The Morgan fingerprint density at radius 2 is 2.71 bits per heavy atom. The molecule has 0 aliphatic carbocycles. The number of hydrogen-bond acceptors (Lipinski definition) is 3. The van der Waals surface area contributed by atoms with Crippen molar-refractivity contribution in [2.45, 2.75) is 0 Å². The number of aliphatic imine (C=N–C) groups is 2. The lowest BCUT2D eigenvalue weighted by atomic mass is 11.1. The van der Waals surface area contributed by atoms with Crippen LogP contribution in [0.25, 0.3) is 0 Å². The lowest BCUT2D eigenvalue weighted by Gasteiger charge is -1.97. The van der Waals surface area contributed by atoms with Crippen LogP contribution in [0.15, 0.2) is 9.98 Å². The number of halogens is 1. The number of ether oxygens (including phenoxy) is 1. The molecule has 0 unspecified atom stereocenters. The van der Waals surface area contributed by atoms with Gasteiger partial charge in [0, 0.05) is 0 Å². The van der Waals surface area contributed by atoms with Crippen molar-refractivity contribution in [3.05, 3.63) is 0 Å². The molecule has 0 atom stereocenters. The maximum atomic E-state index is 5.29. The van der Waals surface area contributed by atoms with Crippen molar-refractivity contribution >= 4 is 23.3 Å². The summed E-state index contributed by atoms with van der Waals surface area (Å²) < 4.78 is 4.58. The number of nitrogens with zero attached hydrogens (tertiary/aromatic N) is 2. The third kappa shape index (κ3) is 1.16. The Labute approximate surface area is 45.7 Å². The normalized spacial score (nSPS) is 18.1. The summed E-state index contributed by atoms with van der Waals surface area (Å²) in [6.45, 7) is 0.294. The van der Waals surface area contributed by atoms with Crippen LogP contribution >= 0.6 is 11.6 Å². The standard InChI is InChI=1S/C3H3ClN2O/c4-3-5-1-7-2-6-3/h1H,2H2. The van der Waals surface area contributed by atoms with Crippen molar-refractivity contribution in [2.75, 3.05) is 6.73 Å². The van der Waals surface area contributed by atoms with Crippen LogP contribution in [-0.2, 0) is 4.74 Å². The summed E-state index contributed by atoms with van der Waals surface area (Å²) in [5.41, 5.74) is 0. The Kier molecular flexibility index (Phi) is 1.26. The number of rotatable bonds is 0. The highest BCUT2D eigenvalue weighted by atomic mass is 35.5. The molecule has 0 radical (unpaired) electrons. The first-order valence-corrected chi connectivity index (χ1v) is 2.11. The highest BCUT2D eigenvalue weighted by molar-refractivity contribution is 6.65. The van der Waals surface area contributed by atoms with Gasteiger partial charge >= 0.3 is 0 Å². The smallest absolute Gasteiger partial charge is 0.223 e. The molecule has 0 aromatic heterocycles. The number of amidine groups is 1. The van der Waals surface area contributed by atoms with Crippen LogP contribution in [0, 0.1) is 0 Å². The summed E-state index contributed by atoms with van der Waals surface area (Å²) >= 11 is 5.29. The van der Waals surface area contributed by atoms with E-state index in [4.69, 9.17) is 11.6 Å². The van der Waals surface area contributed by atoms with Crippen molar-refractivity contribution in [3.8, 4) is 0 Å². The van der Waals surface area contributed by atoms with Crippen LogP contribution in [0.3, 0.4) is 0 Å². The van der Waals surface area contributed by atoms with E-state index in [0.29, 0.717) is 6.73 Å². The summed E-state index contributed by atoms with van der Waals surface area (Å²) in [5.74, 6) is 0. The molecule has 1 rings (SSSR count). The maximum Gasteiger partial charge on any atom is 0.223 e. The van der Waals surface area contributed by atoms with Gasteiger partial charge in [-0.05, 0) is 11.6 Å². The van der Waals surface area contributed by atoms with Crippen LogP contribution in [0.2, 0.25) is 0 Å². The monoisotopic (exact) mass is 118 g/mol. The summed E-state index contributed by atoms with van der Waals surface area (Å²) in [6, 6.07) is 0. The first-order valence-electron chi connectivity index (χ1n) is 1.73. The van der Waals surface area contributed by atoms with E-state index in [2.05, 4.69) is 14.7 Å². The summed E-state index contributed by atoms with van der Waals surface area (Å²) in [5, 5.41) is 0.256. The van der Waals surface area contributed by atoms with E-state index >= 15 is 0 Å². The number of hydrogen-bond donors (Lipinski definition) is 0. The summed E-state index contributed by atoms with van der Waals surface area (Å²) in [6.07, 6.45) is 1.27. The Bertz CT molecular complexity index is 120. The molecule has 0 saturated heterocycles. The Morgan fingerprint density at radius 1 is 1.86 bits per heavy atom. The average molecular weight is 119 g/mol. The van der Waals surface area contributed by atoms with Crippen LogP contribution in [-0.4, -0.2) is 18.4 Å². The third-order valence-electron chi connectivity index (χ3n) is 0.503. The molecule has 1 aliphatic rings. The second-order valence-corrected chi connectivity index (χ2v) is 1.30. The molecule has 0 bridgehead atoms.